The largest absolute Gasteiger partial charge is 0.357 e. The van der Waals surface area contributed by atoms with Crippen LogP contribution in [0.1, 0.15) is 53.4 Å². The lowest BCUT2D eigenvalue weighted by molar-refractivity contribution is 0.135. The van der Waals surface area contributed by atoms with Gasteiger partial charge in [0.25, 0.3) is 0 Å². The van der Waals surface area contributed by atoms with Gasteiger partial charge in [0, 0.05) is 0 Å². The van der Waals surface area contributed by atoms with Gasteiger partial charge in [-0.25, -0.2) is 0 Å². The highest BCUT2D eigenvalue weighted by atomic mass is 31.2. The maximum Gasteiger partial charge on any atom is 0.357 e. The van der Waals surface area contributed by atoms with E-state index in [0.29, 0.717) is 12.0 Å². The Morgan fingerprint density at radius 3 is 1.92 bits per heavy atom. The maximum atomic E-state index is 11.4. The molecule has 0 saturated heterocycles. The summed E-state index contributed by atoms with van der Waals surface area (Å²) in [5.74, 6) is -1.65. The second kappa shape index (κ2) is 11.2. The van der Waals surface area contributed by atoms with Gasteiger partial charge in [-0.15, -0.1) is 0 Å². The van der Waals surface area contributed by atoms with Crippen LogP contribution in [-0.2, 0) is 13.9 Å². The predicted molar refractivity (Wildman–Crippen MR) is 99.2 cm³/mol. The summed E-state index contributed by atoms with van der Waals surface area (Å²) >= 11 is 0. The average Bonchev–Trinajstić information content (AvgIpc) is 2.40. The SMILES string of the molecule is CC(C)=CCC/C(C)=C/CC/C(C)=C/C(OCP(=O)(O)O)P(=O)(O)O. The van der Waals surface area contributed by atoms with Crippen molar-refractivity contribution < 1.29 is 33.4 Å². The van der Waals surface area contributed by atoms with Gasteiger partial charge in [0.05, 0.1) is 0 Å². The van der Waals surface area contributed by atoms with Gasteiger partial charge < -0.3 is 24.3 Å². The van der Waals surface area contributed by atoms with Crippen molar-refractivity contribution in [3.8, 4) is 0 Å². The molecule has 0 spiro atoms. The molecule has 9 heteroatoms. The third kappa shape index (κ3) is 14.3. The quantitative estimate of drug-likeness (QED) is 0.307. The molecule has 0 aromatic rings. The van der Waals surface area contributed by atoms with Crippen LogP contribution in [0.15, 0.2) is 34.9 Å². The van der Waals surface area contributed by atoms with Gasteiger partial charge in [0.1, 0.15) is 6.35 Å². The lowest BCUT2D eigenvalue weighted by Crippen LogP contribution is -2.12. The van der Waals surface area contributed by atoms with Crippen LogP contribution in [-0.4, -0.2) is 31.8 Å². The van der Waals surface area contributed by atoms with Crippen molar-refractivity contribution in [3.63, 3.8) is 0 Å². The van der Waals surface area contributed by atoms with Gasteiger partial charge in [0.15, 0.2) is 5.85 Å². The smallest absolute Gasteiger partial charge is 0.349 e. The van der Waals surface area contributed by atoms with Gasteiger partial charge in [0.2, 0.25) is 0 Å². The molecule has 0 saturated carbocycles. The zero-order valence-corrected chi connectivity index (χ0v) is 17.0. The predicted octanol–water partition coefficient (Wildman–Crippen LogP) is 4.06. The molecular formula is C16H30O7P2. The van der Waals surface area contributed by atoms with Crippen molar-refractivity contribution in [1.82, 2.24) is 0 Å². The van der Waals surface area contributed by atoms with Crippen LogP contribution in [0, 0.1) is 0 Å². The van der Waals surface area contributed by atoms with Crippen LogP contribution in [0.3, 0.4) is 0 Å². The number of ether oxygens (including phenoxy) is 1. The van der Waals surface area contributed by atoms with Crippen LogP contribution in [0.5, 0.6) is 0 Å². The number of rotatable bonds is 11. The molecule has 7 nitrogen and oxygen atoms in total. The van der Waals surface area contributed by atoms with Gasteiger partial charge in [-0.2, -0.15) is 0 Å². The summed E-state index contributed by atoms with van der Waals surface area (Å²) in [7, 11) is -9.15. The molecule has 0 amide bonds. The summed E-state index contributed by atoms with van der Waals surface area (Å²) in [6.45, 7) is 7.85. The Labute approximate surface area is 149 Å². The summed E-state index contributed by atoms with van der Waals surface area (Å²) in [6, 6.07) is 0. The van der Waals surface area contributed by atoms with Crippen LogP contribution >= 0.6 is 15.2 Å². The molecule has 0 aliphatic heterocycles. The van der Waals surface area contributed by atoms with Crippen LogP contribution in [0.25, 0.3) is 0 Å². The highest BCUT2D eigenvalue weighted by Crippen LogP contribution is 2.46. The molecule has 25 heavy (non-hydrogen) atoms. The van der Waals surface area contributed by atoms with E-state index >= 15 is 0 Å². The first-order chi connectivity index (χ1) is 11.3. The summed E-state index contributed by atoms with van der Waals surface area (Å²) < 4.78 is 26.9. The monoisotopic (exact) mass is 396 g/mol. The number of hydrogen-bond donors (Lipinski definition) is 4. The molecular weight excluding hydrogens is 366 g/mol. The number of hydrogen-bond acceptors (Lipinski definition) is 3. The molecule has 0 radical (unpaired) electrons. The lowest BCUT2D eigenvalue weighted by atomic mass is 10.1. The van der Waals surface area contributed by atoms with Gasteiger partial charge in [-0.1, -0.05) is 28.9 Å². The fourth-order valence-corrected chi connectivity index (χ4v) is 3.17. The zero-order valence-electron chi connectivity index (χ0n) is 15.3. The molecule has 0 aromatic heterocycles. The molecule has 0 rings (SSSR count). The molecule has 0 bridgehead atoms. The first-order valence-corrected chi connectivity index (χ1v) is 11.5. The van der Waals surface area contributed by atoms with E-state index in [1.807, 2.05) is 6.92 Å². The topological polar surface area (TPSA) is 124 Å². The maximum absolute atomic E-state index is 11.4. The molecule has 0 aliphatic rings. The Morgan fingerprint density at radius 1 is 0.920 bits per heavy atom. The lowest BCUT2D eigenvalue weighted by Gasteiger charge is -2.17. The highest BCUT2D eigenvalue weighted by molar-refractivity contribution is 7.53. The number of allylic oxidation sites excluding steroid dienone is 5. The van der Waals surface area contributed by atoms with Crippen molar-refractivity contribution in [2.45, 2.75) is 59.2 Å². The van der Waals surface area contributed by atoms with E-state index in [9.17, 15) is 18.9 Å². The zero-order chi connectivity index (χ0) is 19.7. The molecule has 0 aliphatic carbocycles. The normalized spacial score (nSPS) is 15.2. The summed E-state index contributed by atoms with van der Waals surface area (Å²) in [5, 5.41) is 0. The van der Waals surface area contributed by atoms with E-state index in [-0.39, 0.29) is 0 Å². The molecule has 4 N–H and O–H groups in total. The van der Waals surface area contributed by atoms with E-state index in [4.69, 9.17) is 14.5 Å². The van der Waals surface area contributed by atoms with Gasteiger partial charge in [-0.3, -0.25) is 9.13 Å². The van der Waals surface area contributed by atoms with Crippen molar-refractivity contribution in [3.05, 3.63) is 34.9 Å². The minimum atomic E-state index is -4.66. The summed E-state index contributed by atoms with van der Waals surface area (Å²) in [5.41, 5.74) is 3.22. The second-order valence-electron chi connectivity index (χ2n) is 6.36. The Balaban J connectivity index is 4.66. The van der Waals surface area contributed by atoms with E-state index in [1.165, 1.54) is 17.2 Å². The summed E-state index contributed by atoms with van der Waals surface area (Å²) in [4.78, 5) is 36.0. The molecule has 1 unspecified atom stereocenters. The third-order valence-corrected chi connectivity index (χ3v) is 4.74. The molecule has 0 aromatic carbocycles. The van der Waals surface area contributed by atoms with E-state index < -0.39 is 27.4 Å². The van der Waals surface area contributed by atoms with Gasteiger partial charge in [-0.05, 0) is 59.5 Å². The minimum Gasteiger partial charge on any atom is -0.349 e. The van der Waals surface area contributed by atoms with Crippen LogP contribution in [0.4, 0.5) is 0 Å². The third-order valence-electron chi connectivity index (χ3n) is 3.29. The van der Waals surface area contributed by atoms with Crippen molar-refractivity contribution in [2.24, 2.45) is 0 Å². The van der Waals surface area contributed by atoms with Gasteiger partial charge >= 0.3 is 15.2 Å². The first-order valence-electron chi connectivity index (χ1n) is 7.99. The summed E-state index contributed by atoms with van der Waals surface area (Å²) in [6.07, 6.45) is 7.70. The van der Waals surface area contributed by atoms with E-state index in [0.717, 1.165) is 19.3 Å². The van der Waals surface area contributed by atoms with Crippen molar-refractivity contribution in [2.75, 3.05) is 6.35 Å². The Hall–Kier alpha value is -0.520. The molecule has 146 valence electrons. The molecule has 0 fully saturated rings. The van der Waals surface area contributed by atoms with Crippen molar-refractivity contribution in [1.29, 1.82) is 0 Å². The fraction of sp³-hybridized carbons (Fsp3) is 0.625. The van der Waals surface area contributed by atoms with Crippen molar-refractivity contribution >= 4 is 15.2 Å². The Morgan fingerprint density at radius 2 is 1.44 bits per heavy atom. The second-order valence-corrected chi connectivity index (χ2v) is 9.64. The Kier molecular flexibility index (Phi) is 11.0. The minimum absolute atomic E-state index is 0.579. The van der Waals surface area contributed by atoms with E-state index in [2.05, 4.69) is 26.0 Å². The Bertz CT molecular complexity index is 592. The van der Waals surface area contributed by atoms with E-state index in [1.54, 1.807) is 6.92 Å². The first kappa shape index (κ1) is 24.5. The highest BCUT2D eigenvalue weighted by Gasteiger charge is 2.30. The van der Waals surface area contributed by atoms with Crippen LogP contribution < -0.4 is 0 Å². The average molecular weight is 396 g/mol. The molecule has 1 atom stereocenters. The molecule has 0 heterocycles. The van der Waals surface area contributed by atoms with Crippen LogP contribution in [0.2, 0.25) is 0 Å². The fourth-order valence-electron chi connectivity index (χ4n) is 1.98. The standard InChI is InChI=1S/C16H30O7P2/c1-13(2)7-5-8-14(3)9-6-10-15(4)11-16(25(20,21)22)23-12-24(17,18)19/h7,9,11,16H,5-6,8,10,12H2,1-4H3,(H2,17,18,19)(H2,20,21,22)/b14-9+,15-11+.